The highest BCUT2D eigenvalue weighted by molar-refractivity contribution is 7.54. The molecule has 3 N–H and O–H groups in total. The molecule has 144 valence electrons. The summed E-state index contributed by atoms with van der Waals surface area (Å²) in [7, 11) is -0.923. The third kappa shape index (κ3) is 6.41. The summed E-state index contributed by atoms with van der Waals surface area (Å²) < 4.78 is 28.8. The Morgan fingerprint density at radius 3 is 2.12 bits per heavy atom. The van der Waals surface area contributed by atoms with Gasteiger partial charge in [-0.2, -0.15) is 0 Å². The SMILES string of the molecule is B[C@H](OCCC(C)(CC)OP(=O)(O)C(O)(CC)CC)[C@@H](CO)OC. The van der Waals surface area contributed by atoms with Gasteiger partial charge >= 0.3 is 7.60 Å². The molecule has 0 aliphatic rings. The average molecular weight is 368 g/mol. The van der Waals surface area contributed by atoms with E-state index in [2.05, 4.69) is 0 Å². The van der Waals surface area contributed by atoms with E-state index < -0.39 is 24.6 Å². The molecule has 0 radical (unpaired) electrons. The lowest BCUT2D eigenvalue weighted by Crippen LogP contribution is -2.38. The second-order valence-corrected chi connectivity index (χ2v) is 8.44. The molecule has 0 bridgehead atoms. The fourth-order valence-electron chi connectivity index (χ4n) is 2.30. The van der Waals surface area contributed by atoms with Crippen molar-refractivity contribution >= 4 is 15.4 Å². The lowest BCUT2D eigenvalue weighted by molar-refractivity contribution is -0.0563. The first kappa shape index (κ1) is 24.1. The maximum atomic E-state index is 12.6. The van der Waals surface area contributed by atoms with Crippen LogP contribution in [0, 0.1) is 0 Å². The zero-order valence-electron chi connectivity index (χ0n) is 15.8. The van der Waals surface area contributed by atoms with Gasteiger partial charge in [0.1, 0.15) is 7.85 Å². The molecule has 0 saturated carbocycles. The van der Waals surface area contributed by atoms with Crippen molar-refractivity contribution in [3.8, 4) is 0 Å². The standard InChI is InChI=1S/C15H34BO7P/c1-6-14(4,9-10-22-13(16)12(11-17)21-5)23-24(19,20)15(18,7-2)8-3/h12-13,17-18H,6-11,16H2,1-5H3,(H,19,20)/t12-,13-,14?/m1/s1. The number of hydrogen-bond donors (Lipinski definition) is 3. The van der Waals surface area contributed by atoms with Crippen LogP contribution in [0.25, 0.3) is 0 Å². The highest BCUT2D eigenvalue weighted by atomic mass is 31.2. The van der Waals surface area contributed by atoms with Crippen LogP contribution in [-0.4, -0.2) is 66.3 Å². The third-order valence-corrected chi connectivity index (χ3v) is 7.14. The van der Waals surface area contributed by atoms with Crippen LogP contribution in [0.15, 0.2) is 0 Å². The number of hydrogen-bond acceptors (Lipinski definition) is 6. The Balaban J connectivity index is 4.83. The molecule has 24 heavy (non-hydrogen) atoms. The zero-order chi connectivity index (χ0) is 19.0. The molecule has 0 aliphatic carbocycles. The van der Waals surface area contributed by atoms with Crippen LogP contribution in [0.3, 0.4) is 0 Å². The number of ether oxygens (including phenoxy) is 2. The smallest absolute Gasteiger partial charge is 0.359 e. The lowest BCUT2D eigenvalue weighted by Gasteiger charge is -2.37. The van der Waals surface area contributed by atoms with Gasteiger partial charge in [-0.3, -0.25) is 4.57 Å². The quantitative estimate of drug-likeness (QED) is 0.332. The number of methoxy groups -OCH3 is 1. The second-order valence-electron chi connectivity index (χ2n) is 6.39. The van der Waals surface area contributed by atoms with Gasteiger partial charge in [0.15, 0.2) is 5.34 Å². The lowest BCUT2D eigenvalue weighted by atomic mass is 9.94. The topological polar surface area (TPSA) is 105 Å². The first-order valence-electron chi connectivity index (χ1n) is 8.56. The normalized spacial score (nSPS) is 20.2. The van der Waals surface area contributed by atoms with Gasteiger partial charge in [0, 0.05) is 13.7 Å². The summed E-state index contributed by atoms with van der Waals surface area (Å²) in [5.41, 5.74) is -0.899. The largest absolute Gasteiger partial charge is 0.394 e. The van der Waals surface area contributed by atoms with Gasteiger partial charge in [-0.15, -0.1) is 0 Å². The van der Waals surface area contributed by atoms with Crippen molar-refractivity contribution < 1.29 is 33.7 Å². The highest BCUT2D eigenvalue weighted by Gasteiger charge is 2.48. The van der Waals surface area contributed by atoms with Gasteiger partial charge in [-0.05, 0) is 32.6 Å². The van der Waals surface area contributed by atoms with Crippen LogP contribution in [0.2, 0.25) is 0 Å². The monoisotopic (exact) mass is 368 g/mol. The van der Waals surface area contributed by atoms with Crippen LogP contribution >= 0.6 is 7.60 Å². The fourth-order valence-corrected chi connectivity index (χ4v) is 4.09. The van der Waals surface area contributed by atoms with E-state index in [0.717, 1.165) is 0 Å². The molecule has 0 rings (SSSR count). The van der Waals surface area contributed by atoms with Gasteiger partial charge in [0.25, 0.3) is 0 Å². The molecule has 0 aromatic rings. The number of rotatable bonds is 13. The van der Waals surface area contributed by atoms with Gasteiger partial charge in [-0.1, -0.05) is 20.8 Å². The maximum Gasteiger partial charge on any atom is 0.359 e. The number of aliphatic hydroxyl groups excluding tert-OH is 1. The molecular weight excluding hydrogens is 334 g/mol. The van der Waals surface area contributed by atoms with Crippen molar-refractivity contribution in [2.45, 2.75) is 76.4 Å². The van der Waals surface area contributed by atoms with Crippen LogP contribution < -0.4 is 0 Å². The molecule has 0 spiro atoms. The highest BCUT2D eigenvalue weighted by Crippen LogP contribution is 2.60. The molecule has 0 amide bonds. The Hall–Kier alpha value is 0.0549. The van der Waals surface area contributed by atoms with E-state index in [1.54, 1.807) is 28.6 Å². The Morgan fingerprint density at radius 2 is 1.75 bits per heavy atom. The van der Waals surface area contributed by atoms with Gasteiger partial charge in [-0.25, -0.2) is 0 Å². The van der Waals surface area contributed by atoms with E-state index in [1.807, 2.05) is 6.92 Å². The van der Waals surface area contributed by atoms with E-state index in [4.69, 9.17) is 14.0 Å². The molecule has 9 heteroatoms. The molecule has 2 unspecified atom stereocenters. The summed E-state index contributed by atoms with van der Waals surface area (Å²) in [5.74, 6) is 0. The first-order valence-corrected chi connectivity index (χ1v) is 10.1. The average Bonchev–Trinajstić information content (AvgIpc) is 2.54. The van der Waals surface area contributed by atoms with Crippen LogP contribution in [0.4, 0.5) is 0 Å². The summed E-state index contributed by atoms with van der Waals surface area (Å²) in [5, 5.41) is 17.8. The van der Waals surface area contributed by atoms with E-state index in [9.17, 15) is 19.7 Å². The Labute approximate surface area is 146 Å². The summed E-state index contributed by atoms with van der Waals surface area (Å²) in [6.07, 6.45) is 0.719. The van der Waals surface area contributed by atoms with Crippen molar-refractivity contribution in [2.75, 3.05) is 20.3 Å². The summed E-state index contributed by atoms with van der Waals surface area (Å²) in [6, 6.07) is -0.315. The molecular formula is C15H34BO7P. The Kier molecular flexibility index (Phi) is 10.3. The van der Waals surface area contributed by atoms with E-state index in [-0.39, 0.29) is 32.1 Å². The summed E-state index contributed by atoms with van der Waals surface area (Å²) in [6.45, 7) is 7.03. The fraction of sp³-hybridized carbons (Fsp3) is 1.00. The number of aliphatic hydroxyl groups is 2. The van der Waals surface area contributed by atoms with Crippen LogP contribution in [0.5, 0.6) is 0 Å². The van der Waals surface area contributed by atoms with Crippen molar-refractivity contribution in [3.63, 3.8) is 0 Å². The van der Waals surface area contributed by atoms with E-state index in [0.29, 0.717) is 12.8 Å². The predicted octanol–water partition coefficient (Wildman–Crippen LogP) is 1.24. The minimum absolute atomic E-state index is 0.136. The molecule has 4 atom stereocenters. The van der Waals surface area contributed by atoms with Gasteiger partial charge in [0.05, 0.1) is 24.3 Å². The Bertz CT molecular complexity index is 401. The summed E-state index contributed by atoms with van der Waals surface area (Å²) in [4.78, 5) is 10.3. The Morgan fingerprint density at radius 1 is 1.21 bits per heavy atom. The van der Waals surface area contributed by atoms with Crippen LogP contribution in [0.1, 0.15) is 53.4 Å². The zero-order valence-corrected chi connectivity index (χ0v) is 16.7. The molecule has 0 aromatic heterocycles. The van der Waals surface area contributed by atoms with Gasteiger partial charge < -0.3 is 29.1 Å². The minimum atomic E-state index is -4.21. The van der Waals surface area contributed by atoms with E-state index >= 15 is 0 Å². The van der Waals surface area contributed by atoms with Crippen molar-refractivity contribution in [2.24, 2.45) is 0 Å². The maximum absolute atomic E-state index is 12.6. The third-order valence-electron chi connectivity index (χ3n) is 4.77. The first-order chi connectivity index (χ1) is 11.0. The van der Waals surface area contributed by atoms with Crippen molar-refractivity contribution in [1.82, 2.24) is 0 Å². The minimum Gasteiger partial charge on any atom is -0.394 e. The molecule has 7 nitrogen and oxygen atoms in total. The molecule has 0 fully saturated rings. The molecule has 0 saturated heterocycles. The second kappa shape index (κ2) is 10.3. The van der Waals surface area contributed by atoms with E-state index in [1.165, 1.54) is 7.11 Å². The predicted molar refractivity (Wildman–Crippen MR) is 95.9 cm³/mol. The van der Waals surface area contributed by atoms with Crippen molar-refractivity contribution in [1.29, 1.82) is 0 Å². The van der Waals surface area contributed by atoms with Crippen LogP contribution in [-0.2, 0) is 18.6 Å². The molecule has 0 aliphatic heterocycles. The van der Waals surface area contributed by atoms with Crippen molar-refractivity contribution in [3.05, 3.63) is 0 Å². The van der Waals surface area contributed by atoms with Gasteiger partial charge in [0.2, 0.25) is 0 Å². The molecule has 0 heterocycles. The summed E-state index contributed by atoms with van der Waals surface area (Å²) >= 11 is 0. The molecule has 0 aromatic carbocycles.